The Morgan fingerprint density at radius 2 is 2.12 bits per heavy atom. The van der Waals surface area contributed by atoms with Gasteiger partial charge in [-0.25, -0.2) is 8.42 Å². The highest BCUT2D eigenvalue weighted by atomic mass is 32.2. The second kappa shape index (κ2) is 4.91. The molecule has 3 N–H and O–H groups in total. The van der Waals surface area contributed by atoms with Gasteiger partial charge < -0.3 is 10.8 Å². The molecule has 0 aromatic heterocycles. The average molecular weight is 264 g/mol. The van der Waals surface area contributed by atoms with Crippen LogP contribution in [0, 0.1) is 0 Å². The van der Waals surface area contributed by atoms with Crippen LogP contribution in [0.2, 0.25) is 0 Å². The maximum Gasteiger partial charge on any atom is 0.320 e. The van der Waals surface area contributed by atoms with Crippen molar-refractivity contribution in [2.24, 2.45) is 5.73 Å². The fourth-order valence-electron chi connectivity index (χ4n) is 2.11. The first-order valence-corrected chi connectivity index (χ1v) is 7.27. The number of hydrogen-bond acceptors (Lipinski definition) is 4. The molecule has 1 heterocycles. The van der Waals surface area contributed by atoms with Crippen LogP contribution in [0.1, 0.15) is 33.1 Å². The van der Waals surface area contributed by atoms with Crippen molar-refractivity contribution in [3.63, 3.8) is 0 Å². The predicted molar refractivity (Wildman–Crippen MR) is 64.0 cm³/mol. The van der Waals surface area contributed by atoms with Gasteiger partial charge in [0.1, 0.15) is 6.04 Å². The van der Waals surface area contributed by atoms with Gasteiger partial charge in [0.15, 0.2) is 0 Å². The summed E-state index contributed by atoms with van der Waals surface area (Å²) in [5.74, 6) is -1.37. The Kier molecular flexibility index (Phi) is 4.16. The van der Waals surface area contributed by atoms with Crippen molar-refractivity contribution in [1.82, 2.24) is 4.31 Å². The Bertz CT molecular complexity index is 391. The Hall–Kier alpha value is -0.660. The number of sulfonamides is 1. The van der Waals surface area contributed by atoms with Crippen LogP contribution in [0.4, 0.5) is 0 Å². The van der Waals surface area contributed by atoms with Gasteiger partial charge in [-0.2, -0.15) is 4.31 Å². The van der Waals surface area contributed by atoms with E-state index in [0.29, 0.717) is 6.54 Å². The van der Waals surface area contributed by atoms with Crippen LogP contribution in [-0.4, -0.2) is 47.7 Å². The van der Waals surface area contributed by atoms with Gasteiger partial charge in [0.05, 0.1) is 5.75 Å². The van der Waals surface area contributed by atoms with Crippen LogP contribution in [-0.2, 0) is 14.8 Å². The van der Waals surface area contributed by atoms with E-state index in [2.05, 4.69) is 0 Å². The van der Waals surface area contributed by atoms with Crippen molar-refractivity contribution in [2.75, 3.05) is 12.3 Å². The zero-order chi connectivity index (χ0) is 13.3. The fraction of sp³-hybridized carbons (Fsp3) is 0.900. The van der Waals surface area contributed by atoms with E-state index in [1.165, 1.54) is 4.31 Å². The molecular formula is C10H20N2O4S. The van der Waals surface area contributed by atoms with Crippen LogP contribution in [0.5, 0.6) is 0 Å². The summed E-state index contributed by atoms with van der Waals surface area (Å²) in [6.45, 7) is 4.28. The van der Waals surface area contributed by atoms with E-state index in [-0.39, 0.29) is 17.7 Å². The SMILES string of the molecule is CC1(C)CCCN1S(=O)(=O)CC[C@H](N)C(=O)O. The fourth-order valence-corrected chi connectivity index (χ4v) is 4.13. The van der Waals surface area contributed by atoms with Gasteiger partial charge in [-0.05, 0) is 33.1 Å². The number of carbonyl (C=O) groups is 1. The number of nitrogens with two attached hydrogens (primary N) is 1. The highest BCUT2D eigenvalue weighted by Crippen LogP contribution is 2.31. The van der Waals surface area contributed by atoms with Crippen molar-refractivity contribution in [1.29, 1.82) is 0 Å². The molecule has 0 radical (unpaired) electrons. The van der Waals surface area contributed by atoms with E-state index in [1.807, 2.05) is 13.8 Å². The van der Waals surface area contributed by atoms with Gasteiger partial charge in [-0.3, -0.25) is 4.79 Å². The Balaban J connectivity index is 2.66. The summed E-state index contributed by atoms with van der Waals surface area (Å²) in [5, 5.41) is 8.61. The molecule has 0 aliphatic carbocycles. The third-order valence-electron chi connectivity index (χ3n) is 3.16. The smallest absolute Gasteiger partial charge is 0.320 e. The molecule has 1 saturated heterocycles. The van der Waals surface area contributed by atoms with Crippen LogP contribution in [0.15, 0.2) is 0 Å². The predicted octanol–water partition coefficient (Wildman–Crippen LogP) is -0.00740. The number of carboxylic acid groups (broad SMARTS) is 1. The molecule has 1 aliphatic rings. The monoisotopic (exact) mass is 264 g/mol. The van der Waals surface area contributed by atoms with Crippen molar-refractivity contribution >= 4 is 16.0 Å². The lowest BCUT2D eigenvalue weighted by molar-refractivity contribution is -0.138. The molecule has 100 valence electrons. The maximum absolute atomic E-state index is 12.1. The van der Waals surface area contributed by atoms with Crippen molar-refractivity contribution < 1.29 is 18.3 Å². The quantitative estimate of drug-likeness (QED) is 0.727. The molecule has 7 heteroatoms. The van der Waals surface area contributed by atoms with Crippen molar-refractivity contribution in [2.45, 2.75) is 44.7 Å². The Morgan fingerprint density at radius 1 is 1.53 bits per heavy atom. The second-order valence-corrected chi connectivity index (χ2v) is 7.05. The lowest BCUT2D eigenvalue weighted by Gasteiger charge is -2.30. The molecule has 1 rings (SSSR count). The molecule has 17 heavy (non-hydrogen) atoms. The van der Waals surface area contributed by atoms with E-state index in [1.54, 1.807) is 0 Å². The number of rotatable bonds is 5. The molecule has 0 unspecified atom stereocenters. The van der Waals surface area contributed by atoms with E-state index in [0.717, 1.165) is 12.8 Å². The minimum absolute atomic E-state index is 0.0513. The topological polar surface area (TPSA) is 101 Å². The number of carboxylic acids is 1. The van der Waals surface area contributed by atoms with E-state index < -0.39 is 22.0 Å². The maximum atomic E-state index is 12.1. The summed E-state index contributed by atoms with van der Waals surface area (Å²) in [6.07, 6.45) is 1.62. The van der Waals surface area contributed by atoms with Gasteiger partial charge in [0.25, 0.3) is 0 Å². The van der Waals surface area contributed by atoms with E-state index in [9.17, 15) is 13.2 Å². The zero-order valence-electron chi connectivity index (χ0n) is 10.2. The summed E-state index contributed by atoms with van der Waals surface area (Å²) < 4.78 is 25.6. The van der Waals surface area contributed by atoms with Gasteiger partial charge in [0.2, 0.25) is 10.0 Å². The third kappa shape index (κ3) is 3.40. The first-order valence-electron chi connectivity index (χ1n) is 5.66. The second-order valence-electron chi connectivity index (χ2n) is 5.04. The Morgan fingerprint density at radius 3 is 2.53 bits per heavy atom. The van der Waals surface area contributed by atoms with Crippen molar-refractivity contribution in [3.8, 4) is 0 Å². The number of aliphatic carboxylic acids is 1. The summed E-state index contributed by atoms with van der Waals surface area (Å²) in [6, 6.07) is -1.12. The standard InChI is InChI=1S/C10H20N2O4S/c1-10(2)5-3-6-12(10)17(15,16)7-4-8(11)9(13)14/h8H,3-7,11H2,1-2H3,(H,13,14)/t8-/m0/s1. The number of nitrogens with zero attached hydrogens (tertiary/aromatic N) is 1. The molecular weight excluding hydrogens is 244 g/mol. The molecule has 6 nitrogen and oxygen atoms in total. The highest BCUT2D eigenvalue weighted by Gasteiger charge is 2.39. The third-order valence-corrected chi connectivity index (χ3v) is 5.26. The lowest BCUT2D eigenvalue weighted by Crippen LogP contribution is -2.45. The highest BCUT2D eigenvalue weighted by molar-refractivity contribution is 7.89. The molecule has 1 fully saturated rings. The molecule has 0 saturated carbocycles. The molecule has 1 aliphatic heterocycles. The van der Waals surface area contributed by atoms with Crippen LogP contribution >= 0.6 is 0 Å². The first kappa shape index (κ1) is 14.4. The van der Waals surface area contributed by atoms with Gasteiger partial charge in [-0.15, -0.1) is 0 Å². The van der Waals surface area contributed by atoms with Gasteiger partial charge in [-0.1, -0.05) is 0 Å². The van der Waals surface area contributed by atoms with Gasteiger partial charge in [0, 0.05) is 12.1 Å². The van der Waals surface area contributed by atoms with E-state index in [4.69, 9.17) is 10.8 Å². The largest absolute Gasteiger partial charge is 0.480 e. The molecule has 0 aromatic carbocycles. The summed E-state index contributed by atoms with van der Waals surface area (Å²) in [5.41, 5.74) is 4.94. The molecule has 0 bridgehead atoms. The summed E-state index contributed by atoms with van der Waals surface area (Å²) >= 11 is 0. The lowest BCUT2D eigenvalue weighted by atomic mass is 10.0. The van der Waals surface area contributed by atoms with Gasteiger partial charge >= 0.3 is 5.97 Å². The summed E-state index contributed by atoms with van der Waals surface area (Å²) in [4.78, 5) is 10.5. The van der Waals surface area contributed by atoms with Crippen molar-refractivity contribution in [3.05, 3.63) is 0 Å². The molecule has 0 amide bonds. The molecule has 0 aromatic rings. The van der Waals surface area contributed by atoms with Crippen LogP contribution in [0.25, 0.3) is 0 Å². The average Bonchev–Trinajstić information content (AvgIpc) is 2.55. The zero-order valence-corrected chi connectivity index (χ0v) is 11.0. The summed E-state index contributed by atoms with van der Waals surface area (Å²) in [7, 11) is -3.41. The minimum Gasteiger partial charge on any atom is -0.480 e. The minimum atomic E-state index is -3.41. The first-order chi connectivity index (χ1) is 7.67. The van der Waals surface area contributed by atoms with Crippen LogP contribution in [0.3, 0.4) is 0 Å². The number of hydrogen-bond donors (Lipinski definition) is 2. The molecule has 1 atom stereocenters. The van der Waals surface area contributed by atoms with E-state index >= 15 is 0 Å². The molecule has 0 spiro atoms. The van der Waals surface area contributed by atoms with Crippen LogP contribution < -0.4 is 5.73 Å². The Labute approximate surface area is 102 Å². The normalized spacial score (nSPS) is 22.5.